The molecule has 0 radical (unpaired) electrons. The van der Waals surface area contributed by atoms with Gasteiger partial charge in [-0.25, -0.2) is 0 Å². The van der Waals surface area contributed by atoms with Crippen molar-refractivity contribution in [3.63, 3.8) is 0 Å². The van der Waals surface area contributed by atoms with Gasteiger partial charge in [0.05, 0.1) is 6.04 Å². The second-order valence-corrected chi connectivity index (χ2v) is 3.12. The molecule has 0 aromatic carbocycles. The maximum Gasteiger partial charge on any atom is 0.239 e. The Morgan fingerprint density at radius 1 is 1.55 bits per heavy atom. The highest BCUT2D eigenvalue weighted by Gasteiger charge is 2.19. The molecule has 3 heteroatoms. The molecule has 0 heterocycles. The Kier molecular flexibility index (Phi) is 4.11. The second kappa shape index (κ2) is 4.34. The van der Waals surface area contributed by atoms with E-state index in [0.29, 0.717) is 0 Å². The molecule has 0 aliphatic heterocycles. The molecule has 0 bridgehead atoms. The molecule has 0 fully saturated rings. The monoisotopic (exact) mass is 158 g/mol. The largest absolute Gasteiger partial charge is 0.345 e. The number of nitrogens with two attached hydrogens (primary N) is 1. The number of carbonyl (C=O) groups excluding carboxylic acids is 1. The summed E-state index contributed by atoms with van der Waals surface area (Å²) in [7, 11) is 1.77. The van der Waals surface area contributed by atoms with Crippen molar-refractivity contribution in [2.45, 2.75) is 26.8 Å². The topological polar surface area (TPSA) is 46.3 Å². The van der Waals surface area contributed by atoms with Gasteiger partial charge in [-0.05, 0) is 12.8 Å². The van der Waals surface area contributed by atoms with Crippen molar-refractivity contribution in [1.29, 1.82) is 0 Å². The average molecular weight is 158 g/mol. The van der Waals surface area contributed by atoms with Gasteiger partial charge in [-0.3, -0.25) is 4.79 Å². The summed E-state index contributed by atoms with van der Waals surface area (Å²) < 4.78 is 0. The third kappa shape index (κ3) is 2.89. The van der Waals surface area contributed by atoms with Crippen molar-refractivity contribution in [2.24, 2.45) is 11.7 Å². The molecule has 2 N–H and O–H groups in total. The number of amides is 1. The fourth-order valence-corrected chi connectivity index (χ4v) is 0.695. The van der Waals surface area contributed by atoms with E-state index in [4.69, 9.17) is 5.73 Å². The number of hydrogen-bond donors (Lipinski definition) is 1. The number of rotatable bonds is 3. The van der Waals surface area contributed by atoms with E-state index in [0.717, 1.165) is 6.54 Å². The van der Waals surface area contributed by atoms with Crippen molar-refractivity contribution in [3.8, 4) is 0 Å². The molecule has 0 saturated carbocycles. The normalized spacial score (nSPS) is 13.3. The SMILES string of the molecule is CCN(C)C(=O)C(N)C(C)C. The summed E-state index contributed by atoms with van der Waals surface area (Å²) >= 11 is 0. The van der Waals surface area contributed by atoms with Gasteiger partial charge in [0, 0.05) is 13.6 Å². The molecular formula is C8H18N2O. The molecule has 0 aliphatic carbocycles. The maximum absolute atomic E-state index is 11.3. The van der Waals surface area contributed by atoms with Crippen LogP contribution in [0.2, 0.25) is 0 Å². The first-order valence-electron chi connectivity index (χ1n) is 4.01. The summed E-state index contributed by atoms with van der Waals surface area (Å²) in [6.07, 6.45) is 0. The Labute approximate surface area is 68.6 Å². The van der Waals surface area contributed by atoms with E-state index in [1.807, 2.05) is 20.8 Å². The molecule has 1 atom stereocenters. The van der Waals surface area contributed by atoms with Gasteiger partial charge in [-0.1, -0.05) is 13.8 Å². The van der Waals surface area contributed by atoms with Crippen LogP contribution in [0.3, 0.4) is 0 Å². The summed E-state index contributed by atoms with van der Waals surface area (Å²) in [4.78, 5) is 13.0. The van der Waals surface area contributed by atoms with Crippen LogP contribution in [0.5, 0.6) is 0 Å². The number of carbonyl (C=O) groups is 1. The lowest BCUT2D eigenvalue weighted by Crippen LogP contribution is -2.44. The molecule has 0 rings (SSSR count). The average Bonchev–Trinajstić information content (AvgIpc) is 2.00. The molecule has 66 valence electrons. The van der Waals surface area contributed by atoms with Gasteiger partial charge in [-0.2, -0.15) is 0 Å². The lowest BCUT2D eigenvalue weighted by Gasteiger charge is -2.21. The fourth-order valence-electron chi connectivity index (χ4n) is 0.695. The molecule has 0 saturated heterocycles. The highest BCUT2D eigenvalue weighted by atomic mass is 16.2. The van der Waals surface area contributed by atoms with E-state index in [9.17, 15) is 4.79 Å². The molecule has 1 unspecified atom stereocenters. The van der Waals surface area contributed by atoms with E-state index in [2.05, 4.69) is 0 Å². The molecule has 1 amide bonds. The minimum absolute atomic E-state index is 0.0301. The van der Waals surface area contributed by atoms with Crippen molar-refractivity contribution >= 4 is 5.91 Å². The number of nitrogens with zero attached hydrogens (tertiary/aromatic N) is 1. The van der Waals surface area contributed by atoms with Gasteiger partial charge in [-0.15, -0.1) is 0 Å². The molecule has 0 aromatic heterocycles. The van der Waals surface area contributed by atoms with E-state index >= 15 is 0 Å². The van der Waals surface area contributed by atoms with Crippen molar-refractivity contribution in [3.05, 3.63) is 0 Å². The van der Waals surface area contributed by atoms with Crippen molar-refractivity contribution < 1.29 is 4.79 Å². The van der Waals surface area contributed by atoms with Gasteiger partial charge >= 0.3 is 0 Å². The van der Waals surface area contributed by atoms with Crippen LogP contribution in [-0.2, 0) is 4.79 Å². The first-order valence-corrected chi connectivity index (χ1v) is 4.01. The first kappa shape index (κ1) is 10.4. The van der Waals surface area contributed by atoms with Gasteiger partial charge < -0.3 is 10.6 Å². The van der Waals surface area contributed by atoms with Crippen molar-refractivity contribution in [2.75, 3.05) is 13.6 Å². The molecule has 0 aromatic rings. The van der Waals surface area contributed by atoms with Crippen LogP contribution in [0, 0.1) is 5.92 Å². The molecule has 0 aliphatic rings. The Bertz CT molecular complexity index is 134. The Hall–Kier alpha value is -0.570. The van der Waals surface area contributed by atoms with Gasteiger partial charge in [0.2, 0.25) is 5.91 Å². The molecular weight excluding hydrogens is 140 g/mol. The van der Waals surface area contributed by atoms with E-state index in [1.165, 1.54) is 0 Å². The standard InChI is InChI=1S/C8H18N2O/c1-5-10(4)8(11)7(9)6(2)3/h6-7H,5,9H2,1-4H3. The lowest BCUT2D eigenvalue weighted by atomic mass is 10.0. The fraction of sp³-hybridized carbons (Fsp3) is 0.875. The Morgan fingerprint density at radius 3 is 2.27 bits per heavy atom. The summed E-state index contributed by atoms with van der Waals surface area (Å²) in [6.45, 7) is 6.56. The second-order valence-electron chi connectivity index (χ2n) is 3.12. The summed E-state index contributed by atoms with van der Waals surface area (Å²) in [5, 5.41) is 0. The third-order valence-electron chi connectivity index (χ3n) is 1.85. The zero-order valence-corrected chi connectivity index (χ0v) is 7.79. The highest BCUT2D eigenvalue weighted by molar-refractivity contribution is 5.81. The molecule has 11 heavy (non-hydrogen) atoms. The highest BCUT2D eigenvalue weighted by Crippen LogP contribution is 2.01. The summed E-state index contributed by atoms with van der Waals surface area (Å²) in [6, 6.07) is -0.347. The quantitative estimate of drug-likeness (QED) is 0.648. The van der Waals surface area contributed by atoms with Crippen LogP contribution in [0.4, 0.5) is 0 Å². The van der Waals surface area contributed by atoms with Crippen LogP contribution in [0.1, 0.15) is 20.8 Å². The van der Waals surface area contributed by atoms with Crippen LogP contribution in [0.25, 0.3) is 0 Å². The van der Waals surface area contributed by atoms with E-state index < -0.39 is 0 Å². The summed E-state index contributed by atoms with van der Waals surface area (Å²) in [5.41, 5.74) is 5.65. The van der Waals surface area contributed by atoms with Gasteiger partial charge in [0.15, 0.2) is 0 Å². The zero-order valence-electron chi connectivity index (χ0n) is 7.79. The zero-order chi connectivity index (χ0) is 9.02. The Balaban J connectivity index is 4.02. The van der Waals surface area contributed by atoms with Crippen molar-refractivity contribution in [1.82, 2.24) is 4.90 Å². The first-order chi connectivity index (χ1) is 5.00. The number of hydrogen-bond acceptors (Lipinski definition) is 2. The predicted molar refractivity (Wildman–Crippen MR) is 46.1 cm³/mol. The van der Waals surface area contributed by atoms with E-state index in [-0.39, 0.29) is 17.9 Å². The smallest absolute Gasteiger partial charge is 0.239 e. The molecule has 3 nitrogen and oxygen atoms in total. The van der Waals surface area contributed by atoms with Crippen LogP contribution < -0.4 is 5.73 Å². The maximum atomic E-state index is 11.3. The summed E-state index contributed by atoms with van der Waals surface area (Å²) in [5.74, 6) is 0.249. The third-order valence-corrected chi connectivity index (χ3v) is 1.85. The lowest BCUT2D eigenvalue weighted by molar-refractivity contribution is -0.132. The minimum Gasteiger partial charge on any atom is -0.345 e. The number of likely N-dealkylation sites (N-methyl/N-ethyl adjacent to an activating group) is 1. The molecule has 0 spiro atoms. The van der Waals surface area contributed by atoms with Gasteiger partial charge in [0.25, 0.3) is 0 Å². The predicted octanol–water partition coefficient (Wildman–Crippen LogP) is 0.448. The minimum atomic E-state index is -0.347. The van der Waals surface area contributed by atoms with Gasteiger partial charge in [0.1, 0.15) is 0 Å². The Morgan fingerprint density at radius 2 is 2.00 bits per heavy atom. The van der Waals surface area contributed by atoms with Crippen LogP contribution >= 0.6 is 0 Å². The van der Waals surface area contributed by atoms with E-state index in [1.54, 1.807) is 11.9 Å². The van der Waals surface area contributed by atoms with Crippen LogP contribution in [-0.4, -0.2) is 30.4 Å². The van der Waals surface area contributed by atoms with Crippen LogP contribution in [0.15, 0.2) is 0 Å².